The molecule has 0 saturated heterocycles. The molecular weight excluding hydrogens is 212 g/mol. The molecule has 88 valence electrons. The number of aromatic nitrogens is 3. The third kappa shape index (κ3) is 1.90. The summed E-state index contributed by atoms with van der Waals surface area (Å²) in [6.45, 7) is 3.02. The fourth-order valence-corrected chi connectivity index (χ4v) is 2.52. The van der Waals surface area contributed by atoms with Gasteiger partial charge in [-0.25, -0.2) is 4.68 Å². The largest absolute Gasteiger partial charge is 0.366 e. The molecule has 1 aromatic heterocycles. The Morgan fingerprint density at radius 3 is 3.12 bits per heavy atom. The molecule has 2 N–H and O–H groups in total. The van der Waals surface area contributed by atoms with Gasteiger partial charge in [0, 0.05) is 18.9 Å². The quantitative estimate of drug-likeness (QED) is 0.811. The van der Waals surface area contributed by atoms with Gasteiger partial charge in [-0.05, 0) is 18.9 Å². The molecule has 0 fully saturated rings. The van der Waals surface area contributed by atoms with Crippen LogP contribution >= 0.6 is 0 Å². The molecule has 0 saturated carbocycles. The second-order valence-electron chi connectivity index (χ2n) is 4.72. The monoisotopic (exact) mass is 228 g/mol. The number of fused-ring (bicyclic) bond motifs is 1. The minimum absolute atomic E-state index is 0.393. The number of aryl methyl sites for hydroxylation is 2. The third-order valence-corrected chi connectivity index (χ3v) is 3.39. The summed E-state index contributed by atoms with van der Waals surface area (Å²) in [4.78, 5) is 4.23. The summed E-state index contributed by atoms with van der Waals surface area (Å²) in [6, 6.07) is 8.71. The van der Waals surface area contributed by atoms with Crippen LogP contribution in [0.25, 0.3) is 0 Å². The lowest BCUT2D eigenvalue weighted by Gasteiger charge is -2.22. The SMILES string of the molecule is Cc1cccc(C2CCc3nc(N)nn3C2)c1. The molecule has 1 unspecified atom stereocenters. The Balaban J connectivity index is 1.88. The fourth-order valence-electron chi connectivity index (χ4n) is 2.52. The van der Waals surface area contributed by atoms with Crippen LogP contribution in [0.2, 0.25) is 0 Å². The van der Waals surface area contributed by atoms with Crippen LogP contribution in [-0.4, -0.2) is 14.8 Å². The van der Waals surface area contributed by atoms with Crippen molar-refractivity contribution in [1.82, 2.24) is 14.8 Å². The highest BCUT2D eigenvalue weighted by atomic mass is 15.4. The molecule has 0 spiro atoms. The summed E-state index contributed by atoms with van der Waals surface area (Å²) in [7, 11) is 0. The second kappa shape index (κ2) is 3.87. The number of hydrogen-bond acceptors (Lipinski definition) is 3. The van der Waals surface area contributed by atoms with Gasteiger partial charge in [-0.2, -0.15) is 4.98 Å². The van der Waals surface area contributed by atoms with Crippen LogP contribution in [0.15, 0.2) is 24.3 Å². The number of nitrogen functional groups attached to an aromatic ring is 1. The molecule has 0 aliphatic carbocycles. The van der Waals surface area contributed by atoms with Crippen molar-refractivity contribution in [1.29, 1.82) is 0 Å². The second-order valence-corrected chi connectivity index (χ2v) is 4.72. The molecular formula is C13H16N4. The predicted molar refractivity (Wildman–Crippen MR) is 66.7 cm³/mol. The predicted octanol–water partition coefficient (Wildman–Crippen LogP) is 1.90. The lowest BCUT2D eigenvalue weighted by atomic mass is 9.91. The lowest BCUT2D eigenvalue weighted by Crippen LogP contribution is -2.20. The van der Waals surface area contributed by atoms with Gasteiger partial charge in [0.15, 0.2) is 0 Å². The standard InChI is InChI=1S/C13H16N4/c1-9-3-2-4-10(7-9)11-5-6-12-15-13(14)16-17(12)8-11/h2-4,7,11H,5-6,8H2,1H3,(H2,14,16). The van der Waals surface area contributed by atoms with Gasteiger partial charge < -0.3 is 5.73 Å². The van der Waals surface area contributed by atoms with Crippen LogP contribution in [0, 0.1) is 6.92 Å². The van der Waals surface area contributed by atoms with E-state index in [1.807, 2.05) is 4.68 Å². The maximum atomic E-state index is 5.62. The lowest BCUT2D eigenvalue weighted by molar-refractivity contribution is 0.423. The molecule has 1 aliphatic heterocycles. The zero-order chi connectivity index (χ0) is 11.8. The van der Waals surface area contributed by atoms with E-state index in [9.17, 15) is 0 Å². The van der Waals surface area contributed by atoms with E-state index in [1.54, 1.807) is 0 Å². The number of nitrogens with two attached hydrogens (primary N) is 1. The van der Waals surface area contributed by atoms with Gasteiger partial charge >= 0.3 is 0 Å². The van der Waals surface area contributed by atoms with Crippen LogP contribution in [0.4, 0.5) is 5.95 Å². The molecule has 1 aromatic carbocycles. The first kappa shape index (κ1) is 10.3. The first-order chi connectivity index (χ1) is 8.22. The summed E-state index contributed by atoms with van der Waals surface area (Å²) in [5.41, 5.74) is 8.33. The Labute approximate surface area is 100 Å². The van der Waals surface area contributed by atoms with E-state index < -0.39 is 0 Å². The van der Waals surface area contributed by atoms with Gasteiger partial charge in [0.25, 0.3) is 0 Å². The summed E-state index contributed by atoms with van der Waals surface area (Å²) in [5, 5.41) is 4.23. The van der Waals surface area contributed by atoms with Gasteiger partial charge in [-0.3, -0.25) is 0 Å². The van der Waals surface area contributed by atoms with Crippen LogP contribution in [0.5, 0.6) is 0 Å². The van der Waals surface area contributed by atoms with E-state index in [4.69, 9.17) is 5.73 Å². The Morgan fingerprint density at radius 1 is 1.41 bits per heavy atom. The molecule has 0 bridgehead atoms. The zero-order valence-electron chi connectivity index (χ0n) is 9.93. The highest BCUT2D eigenvalue weighted by molar-refractivity contribution is 5.26. The smallest absolute Gasteiger partial charge is 0.239 e. The summed E-state index contributed by atoms with van der Waals surface area (Å²) in [5.74, 6) is 1.94. The highest BCUT2D eigenvalue weighted by Gasteiger charge is 2.22. The van der Waals surface area contributed by atoms with E-state index in [0.717, 1.165) is 25.2 Å². The molecule has 0 amide bonds. The van der Waals surface area contributed by atoms with Crippen molar-refractivity contribution in [3.63, 3.8) is 0 Å². The van der Waals surface area contributed by atoms with Crippen molar-refractivity contribution in [2.45, 2.75) is 32.2 Å². The third-order valence-electron chi connectivity index (χ3n) is 3.39. The van der Waals surface area contributed by atoms with Crippen molar-refractivity contribution >= 4 is 5.95 Å². The van der Waals surface area contributed by atoms with Crippen molar-refractivity contribution < 1.29 is 0 Å². The highest BCUT2D eigenvalue weighted by Crippen LogP contribution is 2.28. The Bertz CT molecular complexity index is 544. The summed E-state index contributed by atoms with van der Waals surface area (Å²) in [6.07, 6.45) is 2.09. The van der Waals surface area contributed by atoms with Crippen molar-refractivity contribution in [2.24, 2.45) is 0 Å². The van der Waals surface area contributed by atoms with Crippen molar-refractivity contribution in [3.05, 3.63) is 41.2 Å². The van der Waals surface area contributed by atoms with E-state index >= 15 is 0 Å². The summed E-state index contributed by atoms with van der Waals surface area (Å²) >= 11 is 0. The van der Waals surface area contributed by atoms with Gasteiger partial charge in [0.05, 0.1) is 0 Å². The van der Waals surface area contributed by atoms with E-state index in [-0.39, 0.29) is 0 Å². The number of nitrogens with zero attached hydrogens (tertiary/aromatic N) is 3. The van der Waals surface area contributed by atoms with Crippen LogP contribution in [0.3, 0.4) is 0 Å². The molecule has 4 nitrogen and oxygen atoms in total. The number of rotatable bonds is 1. The van der Waals surface area contributed by atoms with Gasteiger partial charge in [-0.1, -0.05) is 29.8 Å². The molecule has 4 heteroatoms. The topological polar surface area (TPSA) is 56.7 Å². The maximum Gasteiger partial charge on any atom is 0.239 e. The zero-order valence-corrected chi connectivity index (χ0v) is 9.93. The van der Waals surface area contributed by atoms with E-state index in [0.29, 0.717) is 11.9 Å². The Kier molecular flexibility index (Phi) is 2.35. The van der Waals surface area contributed by atoms with Gasteiger partial charge in [0.2, 0.25) is 5.95 Å². The number of anilines is 1. The normalized spacial score (nSPS) is 19.0. The van der Waals surface area contributed by atoms with Gasteiger partial charge in [0.1, 0.15) is 5.82 Å². The Morgan fingerprint density at radius 2 is 2.29 bits per heavy atom. The number of benzene rings is 1. The molecule has 1 atom stereocenters. The number of hydrogen-bond donors (Lipinski definition) is 1. The molecule has 3 rings (SSSR count). The minimum atomic E-state index is 0.393. The summed E-state index contributed by atoms with van der Waals surface area (Å²) < 4.78 is 1.95. The average Bonchev–Trinajstić information content (AvgIpc) is 2.68. The van der Waals surface area contributed by atoms with Crippen LogP contribution in [-0.2, 0) is 13.0 Å². The average molecular weight is 228 g/mol. The minimum Gasteiger partial charge on any atom is -0.366 e. The van der Waals surface area contributed by atoms with E-state index in [1.165, 1.54) is 11.1 Å². The van der Waals surface area contributed by atoms with E-state index in [2.05, 4.69) is 41.3 Å². The fraction of sp³-hybridized carbons (Fsp3) is 0.385. The van der Waals surface area contributed by atoms with Crippen LogP contribution in [0.1, 0.15) is 29.3 Å². The molecule has 0 radical (unpaired) electrons. The molecule has 17 heavy (non-hydrogen) atoms. The molecule has 1 aliphatic rings. The Hall–Kier alpha value is -1.84. The molecule has 2 aromatic rings. The van der Waals surface area contributed by atoms with Crippen molar-refractivity contribution in [2.75, 3.05) is 5.73 Å². The maximum absolute atomic E-state index is 5.62. The first-order valence-electron chi connectivity index (χ1n) is 5.98. The van der Waals surface area contributed by atoms with Crippen molar-refractivity contribution in [3.8, 4) is 0 Å². The van der Waals surface area contributed by atoms with Crippen LogP contribution < -0.4 is 5.73 Å². The van der Waals surface area contributed by atoms with Gasteiger partial charge in [-0.15, -0.1) is 5.10 Å². The first-order valence-corrected chi connectivity index (χ1v) is 5.98. The molecule has 2 heterocycles.